The number of rotatable bonds is 10. The van der Waals surface area contributed by atoms with Crippen LogP contribution in [-0.4, -0.2) is 30.9 Å². The summed E-state index contributed by atoms with van der Waals surface area (Å²) >= 11 is 0. The van der Waals surface area contributed by atoms with Crippen LogP contribution < -0.4 is 16.8 Å². The quantitative estimate of drug-likeness (QED) is 0.448. The van der Waals surface area contributed by atoms with Gasteiger partial charge in [0.15, 0.2) is 0 Å². The Hall–Kier alpha value is -3.16. The molecule has 0 spiro atoms. The molecule has 7 nitrogen and oxygen atoms in total. The number of primary amides is 2. The SMILES string of the molecule is CCNC(=O)CCCOC1=C(c2cc(C(N)=O)cc(F)c2C)C=CC(CC(C)(C)C)(C(N)=O)C1. The average Bonchev–Trinajstić information content (AvgIpc) is 2.72. The van der Waals surface area contributed by atoms with Gasteiger partial charge in [-0.3, -0.25) is 14.4 Å². The van der Waals surface area contributed by atoms with Gasteiger partial charge in [0.1, 0.15) is 11.6 Å². The van der Waals surface area contributed by atoms with Gasteiger partial charge in [-0.05, 0) is 55.4 Å². The van der Waals surface area contributed by atoms with E-state index in [1.54, 1.807) is 19.1 Å². The highest BCUT2D eigenvalue weighted by molar-refractivity contribution is 5.95. The highest BCUT2D eigenvalue weighted by Gasteiger charge is 2.42. The lowest BCUT2D eigenvalue weighted by Crippen LogP contribution is -2.40. The largest absolute Gasteiger partial charge is 0.497 e. The molecule has 1 aromatic rings. The van der Waals surface area contributed by atoms with E-state index in [-0.39, 0.29) is 29.9 Å². The van der Waals surface area contributed by atoms with Crippen LogP contribution in [0.1, 0.15) is 74.9 Å². The van der Waals surface area contributed by atoms with Crippen LogP contribution in [0.4, 0.5) is 4.39 Å². The molecule has 0 radical (unpaired) electrons. The van der Waals surface area contributed by atoms with Crippen molar-refractivity contribution in [2.24, 2.45) is 22.3 Å². The molecule has 1 aromatic carbocycles. The lowest BCUT2D eigenvalue weighted by molar-refractivity contribution is -0.127. The first-order valence-corrected chi connectivity index (χ1v) is 11.5. The highest BCUT2D eigenvalue weighted by atomic mass is 19.1. The topological polar surface area (TPSA) is 125 Å². The second-order valence-corrected chi connectivity index (χ2v) is 10.0. The maximum Gasteiger partial charge on any atom is 0.248 e. The summed E-state index contributed by atoms with van der Waals surface area (Å²) in [4.78, 5) is 36.1. The molecular weight excluding hydrogens is 437 g/mol. The summed E-state index contributed by atoms with van der Waals surface area (Å²) in [7, 11) is 0. The first-order valence-electron chi connectivity index (χ1n) is 11.5. The molecule has 8 heteroatoms. The van der Waals surface area contributed by atoms with E-state index in [1.165, 1.54) is 6.07 Å². The van der Waals surface area contributed by atoms with Gasteiger partial charge in [0.05, 0.1) is 12.0 Å². The minimum atomic E-state index is -0.982. The molecule has 0 fully saturated rings. The number of hydrogen-bond acceptors (Lipinski definition) is 4. The van der Waals surface area contributed by atoms with Gasteiger partial charge in [-0.15, -0.1) is 0 Å². The van der Waals surface area contributed by atoms with Gasteiger partial charge >= 0.3 is 0 Å². The lowest BCUT2D eigenvalue weighted by Gasteiger charge is -2.37. The second-order valence-electron chi connectivity index (χ2n) is 10.0. The summed E-state index contributed by atoms with van der Waals surface area (Å²) in [6.07, 6.45) is 4.90. The summed E-state index contributed by atoms with van der Waals surface area (Å²) in [6.45, 7) is 10.3. The van der Waals surface area contributed by atoms with Crippen LogP contribution in [0.3, 0.4) is 0 Å². The first kappa shape index (κ1) is 27.1. The van der Waals surface area contributed by atoms with E-state index in [2.05, 4.69) is 5.32 Å². The molecule has 1 atom stereocenters. The third-order valence-electron chi connectivity index (χ3n) is 5.80. The van der Waals surface area contributed by atoms with E-state index < -0.39 is 23.0 Å². The Morgan fingerprint density at radius 3 is 2.44 bits per heavy atom. The molecular formula is C26H36FN3O4. The lowest BCUT2D eigenvalue weighted by atomic mass is 9.68. The molecule has 1 aliphatic rings. The van der Waals surface area contributed by atoms with Crippen molar-refractivity contribution < 1.29 is 23.5 Å². The molecule has 0 heterocycles. The number of carbonyl (C=O) groups is 3. The highest BCUT2D eigenvalue weighted by Crippen LogP contribution is 2.45. The van der Waals surface area contributed by atoms with Crippen molar-refractivity contribution >= 4 is 23.3 Å². The summed E-state index contributed by atoms with van der Waals surface area (Å²) < 4.78 is 20.7. The molecule has 34 heavy (non-hydrogen) atoms. The summed E-state index contributed by atoms with van der Waals surface area (Å²) in [6, 6.07) is 2.63. The van der Waals surface area contributed by atoms with Crippen molar-refractivity contribution in [2.45, 2.75) is 60.3 Å². The van der Waals surface area contributed by atoms with Crippen LogP contribution in [0.2, 0.25) is 0 Å². The second kappa shape index (κ2) is 10.8. The molecule has 0 aliphatic heterocycles. The molecule has 0 aromatic heterocycles. The van der Waals surface area contributed by atoms with Crippen LogP contribution in [-0.2, 0) is 14.3 Å². The number of hydrogen-bond donors (Lipinski definition) is 3. The number of amides is 3. The third kappa shape index (κ3) is 6.68. The fraction of sp³-hybridized carbons (Fsp3) is 0.500. The first-order chi connectivity index (χ1) is 15.8. The number of ether oxygens (including phenoxy) is 1. The Morgan fingerprint density at radius 2 is 1.88 bits per heavy atom. The van der Waals surface area contributed by atoms with Crippen molar-refractivity contribution in [2.75, 3.05) is 13.2 Å². The maximum atomic E-state index is 14.6. The van der Waals surface area contributed by atoms with E-state index >= 15 is 0 Å². The van der Waals surface area contributed by atoms with E-state index in [0.717, 1.165) is 6.07 Å². The van der Waals surface area contributed by atoms with Gasteiger partial charge < -0.3 is 21.5 Å². The molecule has 0 bridgehead atoms. The van der Waals surface area contributed by atoms with E-state index in [1.807, 2.05) is 27.7 Å². The van der Waals surface area contributed by atoms with E-state index in [0.29, 0.717) is 48.3 Å². The normalized spacial score (nSPS) is 18.1. The van der Waals surface area contributed by atoms with Gasteiger partial charge in [0.2, 0.25) is 17.7 Å². The van der Waals surface area contributed by atoms with Crippen molar-refractivity contribution in [3.63, 3.8) is 0 Å². The smallest absolute Gasteiger partial charge is 0.248 e. The Labute approximate surface area is 200 Å². The molecule has 2 rings (SSSR count). The van der Waals surface area contributed by atoms with Gasteiger partial charge in [-0.1, -0.05) is 32.9 Å². The zero-order valence-electron chi connectivity index (χ0n) is 20.7. The molecule has 0 saturated carbocycles. The summed E-state index contributed by atoms with van der Waals surface area (Å²) in [5, 5.41) is 2.74. The standard InChI is InChI=1S/C26H36FN3O4/c1-6-30-22(31)8-7-11-34-21-14-26(24(29)33,15-25(3,4)5)10-9-18(21)19-12-17(23(28)32)13-20(27)16(19)2/h9-10,12-13H,6-8,11,14-15H2,1-5H3,(H2,28,32)(H2,29,33)(H,30,31). The van der Waals surface area contributed by atoms with Gasteiger partial charge in [-0.2, -0.15) is 0 Å². The van der Waals surface area contributed by atoms with Crippen LogP contribution in [0, 0.1) is 23.6 Å². The summed E-state index contributed by atoms with van der Waals surface area (Å²) in [5.41, 5.74) is 11.5. The van der Waals surface area contributed by atoms with Gasteiger partial charge in [0, 0.05) is 30.5 Å². The Balaban J connectivity index is 2.50. The predicted molar refractivity (Wildman–Crippen MR) is 130 cm³/mol. The third-order valence-corrected chi connectivity index (χ3v) is 5.80. The number of carbonyl (C=O) groups excluding carboxylic acids is 3. The molecule has 0 saturated heterocycles. The fourth-order valence-corrected chi connectivity index (χ4v) is 4.28. The molecule has 1 unspecified atom stereocenters. The maximum absolute atomic E-state index is 14.6. The van der Waals surface area contributed by atoms with Crippen molar-refractivity contribution in [3.05, 3.63) is 52.6 Å². The minimum Gasteiger partial charge on any atom is -0.497 e. The van der Waals surface area contributed by atoms with Crippen LogP contribution in [0.25, 0.3) is 5.57 Å². The number of nitrogens with two attached hydrogens (primary N) is 2. The fourth-order valence-electron chi connectivity index (χ4n) is 4.28. The number of halogens is 1. The summed E-state index contributed by atoms with van der Waals surface area (Å²) in [5.74, 6) is -1.40. The zero-order chi connectivity index (χ0) is 25.7. The number of nitrogens with one attached hydrogen (secondary N) is 1. The Morgan fingerprint density at radius 1 is 1.21 bits per heavy atom. The Kier molecular flexibility index (Phi) is 8.64. The van der Waals surface area contributed by atoms with Gasteiger partial charge in [0.25, 0.3) is 0 Å². The number of benzene rings is 1. The molecule has 3 amide bonds. The van der Waals surface area contributed by atoms with E-state index in [9.17, 15) is 18.8 Å². The van der Waals surface area contributed by atoms with Crippen LogP contribution in [0.15, 0.2) is 30.0 Å². The Bertz CT molecular complexity index is 1020. The van der Waals surface area contributed by atoms with Crippen molar-refractivity contribution in [1.29, 1.82) is 0 Å². The average molecular weight is 474 g/mol. The van der Waals surface area contributed by atoms with Gasteiger partial charge in [-0.25, -0.2) is 4.39 Å². The zero-order valence-corrected chi connectivity index (χ0v) is 20.7. The molecule has 186 valence electrons. The monoisotopic (exact) mass is 473 g/mol. The molecule has 1 aliphatic carbocycles. The minimum absolute atomic E-state index is 0.0380. The van der Waals surface area contributed by atoms with Crippen LogP contribution in [0.5, 0.6) is 0 Å². The molecule has 5 N–H and O–H groups in total. The predicted octanol–water partition coefficient (Wildman–Crippen LogP) is 3.74. The van der Waals surface area contributed by atoms with Crippen LogP contribution >= 0.6 is 0 Å². The number of allylic oxidation sites excluding steroid dienone is 3. The van der Waals surface area contributed by atoms with Crippen molar-refractivity contribution in [1.82, 2.24) is 5.32 Å². The van der Waals surface area contributed by atoms with Crippen molar-refractivity contribution in [3.8, 4) is 0 Å². The van der Waals surface area contributed by atoms with E-state index in [4.69, 9.17) is 16.2 Å².